The minimum absolute atomic E-state index is 0.0262. The summed E-state index contributed by atoms with van der Waals surface area (Å²) < 4.78 is 13.6. The van der Waals surface area contributed by atoms with Crippen LogP contribution in [-0.2, 0) is 6.42 Å². The third kappa shape index (κ3) is 3.29. The molecule has 0 aliphatic heterocycles. The molecule has 0 aromatic heterocycles. The fourth-order valence-electron chi connectivity index (χ4n) is 1.60. The van der Waals surface area contributed by atoms with Crippen LogP contribution in [0.2, 0.25) is 5.02 Å². The van der Waals surface area contributed by atoms with Crippen LogP contribution >= 0.6 is 34.2 Å². The minimum Gasteiger partial charge on any atom is -0.294 e. The van der Waals surface area contributed by atoms with Gasteiger partial charge < -0.3 is 0 Å². The van der Waals surface area contributed by atoms with Gasteiger partial charge in [-0.25, -0.2) is 4.39 Å². The highest BCUT2D eigenvalue weighted by atomic mass is 127. The number of hydrogen-bond donors (Lipinski definition) is 0. The Hall–Kier alpha value is -0.940. The first-order chi connectivity index (χ1) is 8.56. The van der Waals surface area contributed by atoms with E-state index >= 15 is 0 Å². The summed E-state index contributed by atoms with van der Waals surface area (Å²) in [6, 6.07) is 11.3. The number of Topliss-reactive ketones (excluding diaryl/α,β-unsaturated/α-hetero) is 1. The minimum atomic E-state index is -0.331. The largest absolute Gasteiger partial charge is 0.294 e. The summed E-state index contributed by atoms with van der Waals surface area (Å²) in [7, 11) is 0. The summed E-state index contributed by atoms with van der Waals surface area (Å²) in [5, 5.41) is 0.641. The number of ketones is 1. The van der Waals surface area contributed by atoms with Crippen molar-refractivity contribution in [3.05, 3.63) is 68.0 Å². The Bertz CT molecular complexity index is 581. The lowest BCUT2D eigenvalue weighted by molar-refractivity contribution is 0.0992. The molecule has 0 radical (unpaired) electrons. The Kier molecular flexibility index (Phi) is 4.35. The van der Waals surface area contributed by atoms with Gasteiger partial charge in [0, 0.05) is 20.6 Å². The molecule has 0 spiro atoms. The molecule has 0 saturated heterocycles. The predicted molar refractivity (Wildman–Crippen MR) is 78.6 cm³/mol. The number of rotatable bonds is 3. The molecule has 0 bridgehead atoms. The number of hydrogen-bond acceptors (Lipinski definition) is 1. The maximum atomic E-state index is 13.0. The van der Waals surface area contributed by atoms with Crippen molar-refractivity contribution < 1.29 is 9.18 Å². The summed E-state index contributed by atoms with van der Waals surface area (Å²) in [6.45, 7) is 0. The van der Waals surface area contributed by atoms with Gasteiger partial charge in [-0.2, -0.15) is 0 Å². The molecule has 2 aromatic carbocycles. The molecule has 0 saturated carbocycles. The van der Waals surface area contributed by atoms with Crippen molar-refractivity contribution in [2.45, 2.75) is 6.42 Å². The lowest BCUT2D eigenvalue weighted by Crippen LogP contribution is -2.05. The van der Waals surface area contributed by atoms with Crippen LogP contribution in [0.15, 0.2) is 42.5 Å². The van der Waals surface area contributed by atoms with E-state index in [4.69, 9.17) is 11.6 Å². The zero-order valence-corrected chi connectivity index (χ0v) is 12.2. The topological polar surface area (TPSA) is 17.1 Å². The van der Waals surface area contributed by atoms with E-state index in [2.05, 4.69) is 0 Å². The smallest absolute Gasteiger partial charge is 0.168 e. The van der Waals surface area contributed by atoms with Crippen LogP contribution < -0.4 is 0 Å². The molecule has 18 heavy (non-hydrogen) atoms. The third-order valence-electron chi connectivity index (χ3n) is 2.51. The maximum absolute atomic E-state index is 13.0. The second-order valence-electron chi connectivity index (χ2n) is 3.85. The molecule has 2 aromatic rings. The van der Waals surface area contributed by atoms with E-state index in [0.717, 1.165) is 5.56 Å². The molecule has 0 atom stereocenters. The molecule has 92 valence electrons. The van der Waals surface area contributed by atoms with Gasteiger partial charge in [0.15, 0.2) is 5.78 Å². The van der Waals surface area contributed by atoms with E-state index in [0.29, 0.717) is 20.6 Å². The quantitative estimate of drug-likeness (QED) is 0.571. The molecule has 0 N–H and O–H groups in total. The maximum Gasteiger partial charge on any atom is 0.168 e. The molecule has 0 fully saturated rings. The van der Waals surface area contributed by atoms with Crippen LogP contribution in [0.25, 0.3) is 0 Å². The van der Waals surface area contributed by atoms with E-state index < -0.39 is 0 Å². The summed E-state index contributed by atoms with van der Waals surface area (Å²) in [6.07, 6.45) is 0.290. The molecular weight excluding hydrogens is 366 g/mol. The fraction of sp³-hybridized carbons (Fsp3) is 0.0714. The molecule has 0 aliphatic rings. The van der Waals surface area contributed by atoms with Crippen molar-refractivity contribution in [1.82, 2.24) is 0 Å². The van der Waals surface area contributed by atoms with Crippen LogP contribution in [0.5, 0.6) is 0 Å². The highest BCUT2D eigenvalue weighted by Gasteiger charge is 2.11. The first-order valence-electron chi connectivity index (χ1n) is 5.29. The second kappa shape index (κ2) is 5.80. The van der Waals surface area contributed by atoms with E-state index in [1.54, 1.807) is 12.1 Å². The van der Waals surface area contributed by atoms with Gasteiger partial charge in [0.2, 0.25) is 0 Å². The van der Waals surface area contributed by atoms with Crippen LogP contribution in [0, 0.1) is 9.39 Å². The second-order valence-corrected chi connectivity index (χ2v) is 5.45. The molecule has 0 unspecified atom stereocenters. The van der Waals surface area contributed by atoms with Crippen LogP contribution in [0.4, 0.5) is 4.39 Å². The molecule has 0 heterocycles. The highest BCUT2D eigenvalue weighted by molar-refractivity contribution is 14.1. The Labute approximate surface area is 123 Å². The highest BCUT2D eigenvalue weighted by Crippen LogP contribution is 2.17. The van der Waals surface area contributed by atoms with Gasteiger partial charge >= 0.3 is 0 Å². The van der Waals surface area contributed by atoms with E-state index in [1.165, 1.54) is 18.2 Å². The zero-order valence-electron chi connectivity index (χ0n) is 9.29. The molecule has 4 heteroatoms. The normalized spacial score (nSPS) is 10.4. The van der Waals surface area contributed by atoms with Crippen LogP contribution in [0.3, 0.4) is 0 Å². The number of carbonyl (C=O) groups excluding carboxylic acids is 1. The van der Waals surface area contributed by atoms with Gasteiger partial charge in [0.25, 0.3) is 0 Å². The first kappa shape index (κ1) is 13.5. The average molecular weight is 375 g/mol. The van der Waals surface area contributed by atoms with E-state index in [-0.39, 0.29) is 11.6 Å². The lowest BCUT2D eigenvalue weighted by atomic mass is 10.0. The summed E-state index contributed by atoms with van der Waals surface area (Å²) in [4.78, 5) is 12.1. The summed E-state index contributed by atoms with van der Waals surface area (Å²) in [5.74, 6) is -0.357. The van der Waals surface area contributed by atoms with E-state index in [9.17, 15) is 9.18 Å². The van der Waals surface area contributed by atoms with Gasteiger partial charge in [0.1, 0.15) is 5.82 Å². The van der Waals surface area contributed by atoms with Crippen molar-refractivity contribution in [2.75, 3.05) is 0 Å². The molecule has 1 nitrogen and oxygen atoms in total. The van der Waals surface area contributed by atoms with Crippen molar-refractivity contribution >= 4 is 40.0 Å². The number of benzene rings is 2. The first-order valence-corrected chi connectivity index (χ1v) is 6.74. The monoisotopic (exact) mass is 374 g/mol. The van der Waals surface area contributed by atoms with Gasteiger partial charge in [0.05, 0.1) is 0 Å². The molecule has 2 rings (SSSR count). The Morgan fingerprint density at radius 1 is 1.17 bits per heavy atom. The van der Waals surface area contributed by atoms with Gasteiger partial charge in [-0.3, -0.25) is 4.79 Å². The van der Waals surface area contributed by atoms with Crippen LogP contribution in [-0.4, -0.2) is 5.78 Å². The van der Waals surface area contributed by atoms with Crippen molar-refractivity contribution in [2.24, 2.45) is 0 Å². The summed E-state index contributed by atoms with van der Waals surface area (Å²) in [5.41, 5.74) is 1.44. The third-order valence-corrected chi connectivity index (χ3v) is 3.65. The van der Waals surface area contributed by atoms with E-state index in [1.807, 2.05) is 34.7 Å². The summed E-state index contributed by atoms with van der Waals surface area (Å²) >= 11 is 7.75. The molecule has 0 amide bonds. The number of halogens is 3. The standard InChI is InChI=1S/C14H9ClFIO/c15-10-3-1-9(2-4-10)7-14(18)12-6-5-11(16)8-13(12)17/h1-6,8H,7H2. The SMILES string of the molecule is O=C(Cc1ccc(Cl)cc1)c1ccc(F)cc1I. The molecular formula is C14H9ClFIO. The van der Waals surface area contributed by atoms with Gasteiger partial charge in [-0.05, 0) is 58.5 Å². The predicted octanol–water partition coefficient (Wildman–Crippen LogP) is 4.51. The fourth-order valence-corrected chi connectivity index (χ4v) is 2.50. The van der Waals surface area contributed by atoms with Crippen molar-refractivity contribution in [3.63, 3.8) is 0 Å². The van der Waals surface area contributed by atoms with Crippen molar-refractivity contribution in [3.8, 4) is 0 Å². The molecule has 0 aliphatic carbocycles. The average Bonchev–Trinajstić information content (AvgIpc) is 2.32. The Balaban J connectivity index is 2.19. The Morgan fingerprint density at radius 3 is 2.44 bits per heavy atom. The zero-order chi connectivity index (χ0) is 13.1. The Morgan fingerprint density at radius 2 is 1.83 bits per heavy atom. The van der Waals surface area contributed by atoms with Gasteiger partial charge in [-0.15, -0.1) is 0 Å². The van der Waals surface area contributed by atoms with Crippen molar-refractivity contribution in [1.29, 1.82) is 0 Å². The lowest BCUT2D eigenvalue weighted by Gasteiger charge is -2.04. The van der Waals surface area contributed by atoms with Crippen LogP contribution in [0.1, 0.15) is 15.9 Å². The number of carbonyl (C=O) groups is 1. The van der Waals surface area contributed by atoms with Gasteiger partial charge in [-0.1, -0.05) is 23.7 Å².